The zero-order valence-corrected chi connectivity index (χ0v) is 10.6. The summed E-state index contributed by atoms with van der Waals surface area (Å²) >= 11 is 0. The molecule has 102 valence electrons. The van der Waals surface area contributed by atoms with Crippen molar-refractivity contribution in [2.24, 2.45) is 0 Å². The molecule has 1 saturated heterocycles. The number of benzene rings is 1. The SMILES string of the molecule is CC(=O)Nc1ccc(C2CNCCO2)c(C(=O)O)c1. The van der Waals surface area contributed by atoms with Crippen molar-refractivity contribution in [1.29, 1.82) is 0 Å². The second-order valence-corrected chi connectivity index (χ2v) is 4.35. The molecular weight excluding hydrogens is 248 g/mol. The minimum absolute atomic E-state index is 0.153. The van der Waals surface area contributed by atoms with Gasteiger partial charge >= 0.3 is 5.97 Å². The lowest BCUT2D eigenvalue weighted by molar-refractivity contribution is -0.114. The fourth-order valence-corrected chi connectivity index (χ4v) is 2.07. The second-order valence-electron chi connectivity index (χ2n) is 4.35. The normalized spacial score (nSPS) is 18.9. The number of aromatic carboxylic acids is 1. The van der Waals surface area contributed by atoms with Gasteiger partial charge in [0.2, 0.25) is 5.91 Å². The monoisotopic (exact) mass is 264 g/mol. The molecule has 3 N–H and O–H groups in total. The van der Waals surface area contributed by atoms with E-state index in [2.05, 4.69) is 10.6 Å². The van der Waals surface area contributed by atoms with Crippen LogP contribution in [0.15, 0.2) is 18.2 Å². The largest absolute Gasteiger partial charge is 0.478 e. The van der Waals surface area contributed by atoms with Crippen LogP contribution in [0.25, 0.3) is 0 Å². The lowest BCUT2D eigenvalue weighted by atomic mass is 10.0. The van der Waals surface area contributed by atoms with Gasteiger partial charge in [0.25, 0.3) is 0 Å². The summed E-state index contributed by atoms with van der Waals surface area (Å²) in [6.07, 6.45) is -0.272. The number of carboxylic acid groups (broad SMARTS) is 1. The summed E-state index contributed by atoms with van der Waals surface area (Å²) < 4.78 is 5.56. The first-order valence-corrected chi connectivity index (χ1v) is 6.05. The number of anilines is 1. The van der Waals surface area contributed by atoms with E-state index in [1.807, 2.05) is 0 Å². The maximum atomic E-state index is 11.3. The van der Waals surface area contributed by atoms with Crippen LogP contribution in [0.1, 0.15) is 28.9 Å². The molecule has 1 aromatic rings. The molecule has 6 nitrogen and oxygen atoms in total. The molecule has 1 aliphatic heterocycles. The van der Waals surface area contributed by atoms with Gasteiger partial charge in [-0.25, -0.2) is 4.79 Å². The van der Waals surface area contributed by atoms with Gasteiger partial charge in [0.15, 0.2) is 0 Å². The summed E-state index contributed by atoms with van der Waals surface area (Å²) in [5, 5.41) is 15.0. The molecule has 1 aliphatic rings. The molecule has 0 saturated carbocycles. The average molecular weight is 264 g/mol. The van der Waals surface area contributed by atoms with Gasteiger partial charge < -0.3 is 20.5 Å². The van der Waals surface area contributed by atoms with Crippen LogP contribution in [-0.4, -0.2) is 36.7 Å². The van der Waals surface area contributed by atoms with Crippen LogP contribution in [-0.2, 0) is 9.53 Å². The highest BCUT2D eigenvalue weighted by Crippen LogP contribution is 2.25. The van der Waals surface area contributed by atoms with Crippen molar-refractivity contribution in [3.63, 3.8) is 0 Å². The standard InChI is InChI=1S/C13H16N2O4/c1-8(16)15-9-2-3-10(11(6-9)13(17)18)12-7-14-4-5-19-12/h2-3,6,12,14H,4-5,7H2,1H3,(H,15,16)(H,17,18). The summed E-state index contributed by atoms with van der Waals surface area (Å²) in [5.41, 5.74) is 1.24. The smallest absolute Gasteiger partial charge is 0.336 e. The van der Waals surface area contributed by atoms with Crippen molar-refractivity contribution in [3.05, 3.63) is 29.3 Å². The van der Waals surface area contributed by atoms with Gasteiger partial charge in [-0.3, -0.25) is 4.79 Å². The quantitative estimate of drug-likeness (QED) is 0.758. The van der Waals surface area contributed by atoms with Crippen molar-refractivity contribution in [2.45, 2.75) is 13.0 Å². The lowest BCUT2D eigenvalue weighted by Crippen LogP contribution is -2.34. The van der Waals surface area contributed by atoms with Gasteiger partial charge in [-0.15, -0.1) is 0 Å². The molecule has 6 heteroatoms. The number of carboxylic acids is 1. The Labute approximate surface area is 110 Å². The van der Waals surface area contributed by atoms with E-state index < -0.39 is 5.97 Å². The fourth-order valence-electron chi connectivity index (χ4n) is 2.07. The van der Waals surface area contributed by atoms with E-state index in [4.69, 9.17) is 4.74 Å². The first-order chi connectivity index (χ1) is 9.08. The number of nitrogens with one attached hydrogen (secondary N) is 2. The predicted octanol–water partition coefficient (Wildman–Crippen LogP) is 1.00. The average Bonchev–Trinajstić information content (AvgIpc) is 2.39. The van der Waals surface area contributed by atoms with Crippen molar-refractivity contribution < 1.29 is 19.4 Å². The summed E-state index contributed by atoms with van der Waals surface area (Å²) in [5.74, 6) is -1.27. The highest BCUT2D eigenvalue weighted by atomic mass is 16.5. The summed E-state index contributed by atoms with van der Waals surface area (Å²) in [6, 6.07) is 4.82. The summed E-state index contributed by atoms with van der Waals surface area (Å²) in [7, 11) is 0. The van der Waals surface area contributed by atoms with E-state index in [-0.39, 0.29) is 17.6 Å². The van der Waals surface area contributed by atoms with Crippen molar-refractivity contribution in [3.8, 4) is 0 Å². The molecule has 1 aromatic carbocycles. The number of hydrogen-bond acceptors (Lipinski definition) is 4. The first-order valence-electron chi connectivity index (χ1n) is 6.05. The van der Waals surface area contributed by atoms with E-state index in [1.54, 1.807) is 12.1 Å². The summed E-state index contributed by atoms with van der Waals surface area (Å²) in [4.78, 5) is 22.3. The van der Waals surface area contributed by atoms with Gasteiger partial charge in [-0.1, -0.05) is 6.07 Å². The number of carbonyl (C=O) groups excluding carboxylic acids is 1. The maximum absolute atomic E-state index is 11.3. The molecule has 0 spiro atoms. The molecule has 1 unspecified atom stereocenters. The maximum Gasteiger partial charge on any atom is 0.336 e. The van der Waals surface area contributed by atoms with Crippen molar-refractivity contribution in [1.82, 2.24) is 5.32 Å². The van der Waals surface area contributed by atoms with Crippen LogP contribution in [0.3, 0.4) is 0 Å². The number of morpholine rings is 1. The van der Waals surface area contributed by atoms with Crippen LogP contribution in [0.4, 0.5) is 5.69 Å². The number of amides is 1. The molecule has 1 atom stereocenters. The molecule has 19 heavy (non-hydrogen) atoms. The van der Waals surface area contributed by atoms with E-state index >= 15 is 0 Å². The zero-order valence-electron chi connectivity index (χ0n) is 10.6. The Morgan fingerprint density at radius 3 is 2.84 bits per heavy atom. The minimum Gasteiger partial charge on any atom is -0.478 e. The third-order valence-electron chi connectivity index (χ3n) is 2.88. The molecule has 0 aromatic heterocycles. The zero-order chi connectivity index (χ0) is 13.8. The van der Waals surface area contributed by atoms with Gasteiger partial charge in [0.05, 0.1) is 18.3 Å². The molecule has 1 heterocycles. The molecule has 1 fully saturated rings. The van der Waals surface area contributed by atoms with Crippen LogP contribution >= 0.6 is 0 Å². The Hall–Kier alpha value is -1.92. The highest BCUT2D eigenvalue weighted by Gasteiger charge is 2.22. The van der Waals surface area contributed by atoms with Crippen LogP contribution in [0.2, 0.25) is 0 Å². The summed E-state index contributed by atoms with van der Waals surface area (Å²) in [6.45, 7) is 3.28. The first kappa shape index (κ1) is 13.5. The van der Waals surface area contributed by atoms with Gasteiger partial charge in [0.1, 0.15) is 0 Å². The van der Waals surface area contributed by atoms with E-state index in [0.29, 0.717) is 24.4 Å². The fraction of sp³-hybridized carbons (Fsp3) is 0.385. The molecule has 0 aliphatic carbocycles. The Bertz CT molecular complexity index is 495. The number of hydrogen-bond donors (Lipinski definition) is 3. The highest BCUT2D eigenvalue weighted by molar-refractivity contribution is 5.94. The number of rotatable bonds is 3. The Balaban J connectivity index is 2.31. The van der Waals surface area contributed by atoms with E-state index in [1.165, 1.54) is 13.0 Å². The third kappa shape index (κ3) is 3.30. The van der Waals surface area contributed by atoms with E-state index in [9.17, 15) is 14.7 Å². The van der Waals surface area contributed by atoms with Crippen LogP contribution < -0.4 is 10.6 Å². The van der Waals surface area contributed by atoms with Crippen LogP contribution in [0.5, 0.6) is 0 Å². The predicted molar refractivity (Wildman–Crippen MR) is 69.3 cm³/mol. The Morgan fingerprint density at radius 2 is 2.26 bits per heavy atom. The number of ether oxygens (including phenoxy) is 1. The topological polar surface area (TPSA) is 87.7 Å². The molecule has 2 rings (SSSR count). The molecular formula is C13H16N2O4. The molecule has 0 radical (unpaired) electrons. The molecule has 0 bridgehead atoms. The Morgan fingerprint density at radius 1 is 1.47 bits per heavy atom. The van der Waals surface area contributed by atoms with Crippen molar-refractivity contribution >= 4 is 17.6 Å². The minimum atomic E-state index is -1.03. The lowest BCUT2D eigenvalue weighted by Gasteiger charge is -2.25. The Kier molecular flexibility index (Phi) is 4.13. The molecule has 1 amide bonds. The van der Waals surface area contributed by atoms with Gasteiger partial charge in [-0.05, 0) is 17.7 Å². The number of carbonyl (C=O) groups is 2. The van der Waals surface area contributed by atoms with Gasteiger partial charge in [-0.2, -0.15) is 0 Å². The van der Waals surface area contributed by atoms with Crippen LogP contribution in [0, 0.1) is 0 Å². The van der Waals surface area contributed by atoms with Gasteiger partial charge in [0, 0.05) is 25.7 Å². The van der Waals surface area contributed by atoms with E-state index in [0.717, 1.165) is 6.54 Å². The third-order valence-corrected chi connectivity index (χ3v) is 2.88. The van der Waals surface area contributed by atoms with Crippen molar-refractivity contribution in [2.75, 3.05) is 25.0 Å². The second kappa shape index (κ2) is 5.81.